The number of phenols is 1. The number of ether oxygens (including phenoxy) is 1. The molecule has 3 nitrogen and oxygen atoms in total. The summed E-state index contributed by atoms with van der Waals surface area (Å²) in [5, 5.41) is 9.74. The Balaban J connectivity index is 1.62. The lowest BCUT2D eigenvalue weighted by molar-refractivity contribution is 0.318. The van der Waals surface area contributed by atoms with Crippen LogP contribution in [0.5, 0.6) is 11.5 Å². The smallest absolute Gasteiger partial charge is 0.161 e. The fourth-order valence-electron chi connectivity index (χ4n) is 2.39. The van der Waals surface area contributed by atoms with Crippen LogP contribution in [0.3, 0.4) is 0 Å². The molecule has 0 saturated carbocycles. The second-order valence-electron chi connectivity index (χ2n) is 5.69. The number of hydrogen-bond donors (Lipinski definition) is 1. The van der Waals surface area contributed by atoms with Crippen molar-refractivity contribution in [2.45, 2.75) is 17.6 Å². The summed E-state index contributed by atoms with van der Waals surface area (Å²) < 4.78 is 5.39. The molecule has 3 rings (SSSR count). The average Bonchev–Trinajstić information content (AvgIpc) is 2.69. The van der Waals surface area contributed by atoms with Crippen LogP contribution < -0.4 is 4.74 Å². The third-order valence-electron chi connectivity index (χ3n) is 3.73. The zero-order valence-electron chi connectivity index (χ0n) is 14.6. The predicted molar refractivity (Wildman–Crippen MR) is 109 cm³/mol. The SMILES string of the molecule is CCOc1cc(C=Nc2ccc(CSc3ccccc3)cc2)ccc1O. The summed E-state index contributed by atoms with van der Waals surface area (Å²) in [6.07, 6.45) is 1.77. The highest BCUT2D eigenvalue weighted by Crippen LogP contribution is 2.27. The molecule has 1 N–H and O–H groups in total. The fraction of sp³-hybridized carbons (Fsp3) is 0.136. The molecule has 0 radical (unpaired) electrons. The Morgan fingerprint density at radius 2 is 1.77 bits per heavy atom. The standard InChI is InChI=1S/C22H21NO2S/c1-2-25-22-14-18(10-13-21(22)24)15-23-19-11-8-17(9-12-19)16-26-20-6-4-3-5-7-20/h3-15,24H,2,16H2,1H3. The Kier molecular flexibility index (Phi) is 6.34. The summed E-state index contributed by atoms with van der Waals surface area (Å²) in [6.45, 7) is 2.40. The summed E-state index contributed by atoms with van der Waals surface area (Å²) in [5.41, 5.74) is 3.04. The van der Waals surface area contributed by atoms with Gasteiger partial charge in [0.15, 0.2) is 11.5 Å². The van der Waals surface area contributed by atoms with Gasteiger partial charge in [-0.3, -0.25) is 4.99 Å². The molecule has 0 heterocycles. The summed E-state index contributed by atoms with van der Waals surface area (Å²) in [6, 6.07) is 23.8. The number of benzene rings is 3. The number of aromatic hydroxyl groups is 1. The minimum atomic E-state index is 0.143. The summed E-state index contributed by atoms with van der Waals surface area (Å²) in [7, 11) is 0. The summed E-state index contributed by atoms with van der Waals surface area (Å²) in [4.78, 5) is 5.77. The molecule has 0 saturated heterocycles. The van der Waals surface area contributed by atoms with Crippen LogP contribution in [0.1, 0.15) is 18.1 Å². The van der Waals surface area contributed by atoms with Gasteiger partial charge in [0.2, 0.25) is 0 Å². The zero-order chi connectivity index (χ0) is 18.2. The van der Waals surface area contributed by atoms with Gasteiger partial charge in [-0.05, 0) is 60.5 Å². The Morgan fingerprint density at radius 3 is 2.50 bits per heavy atom. The van der Waals surface area contributed by atoms with Crippen molar-refractivity contribution in [2.75, 3.05) is 6.61 Å². The molecule has 3 aromatic rings. The molecular weight excluding hydrogens is 342 g/mol. The van der Waals surface area contributed by atoms with Crippen molar-refractivity contribution in [1.29, 1.82) is 0 Å². The third kappa shape index (κ3) is 5.14. The minimum Gasteiger partial charge on any atom is -0.504 e. The van der Waals surface area contributed by atoms with Crippen molar-refractivity contribution in [3.05, 3.63) is 83.9 Å². The van der Waals surface area contributed by atoms with E-state index >= 15 is 0 Å². The molecule has 3 aromatic carbocycles. The topological polar surface area (TPSA) is 41.8 Å². The molecule has 0 atom stereocenters. The lowest BCUT2D eigenvalue weighted by Crippen LogP contribution is -1.93. The summed E-state index contributed by atoms with van der Waals surface area (Å²) in [5.74, 6) is 1.55. The van der Waals surface area contributed by atoms with E-state index in [0.29, 0.717) is 12.4 Å². The molecule has 0 fully saturated rings. The number of rotatable bonds is 7. The van der Waals surface area contributed by atoms with Gasteiger partial charge in [-0.2, -0.15) is 0 Å². The third-order valence-corrected chi connectivity index (χ3v) is 4.81. The fourth-order valence-corrected chi connectivity index (χ4v) is 3.27. The normalized spacial score (nSPS) is 11.0. The van der Waals surface area contributed by atoms with Crippen LogP contribution in [0.15, 0.2) is 82.7 Å². The van der Waals surface area contributed by atoms with Crippen molar-refractivity contribution in [2.24, 2.45) is 4.99 Å². The highest BCUT2D eigenvalue weighted by atomic mass is 32.2. The van der Waals surface area contributed by atoms with Crippen LogP contribution in [-0.2, 0) is 5.75 Å². The van der Waals surface area contributed by atoms with Gasteiger partial charge in [-0.1, -0.05) is 30.3 Å². The number of nitrogens with zero attached hydrogens (tertiary/aromatic N) is 1. The largest absolute Gasteiger partial charge is 0.504 e. The van der Waals surface area contributed by atoms with Crippen LogP contribution in [0.2, 0.25) is 0 Å². The molecule has 0 aliphatic heterocycles. The van der Waals surface area contributed by atoms with Crippen LogP contribution in [-0.4, -0.2) is 17.9 Å². The Bertz CT molecular complexity index is 861. The molecule has 0 aromatic heterocycles. The molecule has 0 amide bonds. The highest BCUT2D eigenvalue weighted by Gasteiger charge is 2.02. The van der Waals surface area contributed by atoms with Gasteiger partial charge in [-0.15, -0.1) is 11.8 Å². The number of phenolic OH excluding ortho intramolecular Hbond substituents is 1. The zero-order valence-corrected chi connectivity index (χ0v) is 15.4. The molecule has 132 valence electrons. The first kappa shape index (κ1) is 18.1. The number of aliphatic imine (C=N–C) groups is 1. The monoisotopic (exact) mass is 363 g/mol. The molecule has 4 heteroatoms. The maximum atomic E-state index is 9.74. The molecule has 0 bridgehead atoms. The molecule has 0 spiro atoms. The van der Waals surface area contributed by atoms with Gasteiger partial charge in [0.25, 0.3) is 0 Å². The maximum absolute atomic E-state index is 9.74. The van der Waals surface area contributed by atoms with Crippen LogP contribution in [0.25, 0.3) is 0 Å². The lowest BCUT2D eigenvalue weighted by Gasteiger charge is -2.06. The van der Waals surface area contributed by atoms with E-state index in [1.807, 2.05) is 43.0 Å². The van der Waals surface area contributed by atoms with E-state index in [9.17, 15) is 5.11 Å². The quantitative estimate of drug-likeness (QED) is 0.424. The van der Waals surface area contributed by atoms with Crippen LogP contribution in [0.4, 0.5) is 5.69 Å². The van der Waals surface area contributed by atoms with Gasteiger partial charge >= 0.3 is 0 Å². The van der Waals surface area contributed by atoms with Gasteiger partial charge < -0.3 is 9.84 Å². The highest BCUT2D eigenvalue weighted by molar-refractivity contribution is 7.98. The minimum absolute atomic E-state index is 0.143. The van der Waals surface area contributed by atoms with Gasteiger partial charge in [-0.25, -0.2) is 0 Å². The van der Waals surface area contributed by atoms with Crippen LogP contribution in [0, 0.1) is 0 Å². The Labute approximate surface area is 158 Å². The summed E-state index contributed by atoms with van der Waals surface area (Å²) >= 11 is 1.82. The first-order valence-corrected chi connectivity index (χ1v) is 9.50. The molecule has 0 aliphatic carbocycles. The average molecular weight is 363 g/mol. The Hall–Kier alpha value is -2.72. The van der Waals surface area contributed by atoms with Crippen molar-refractivity contribution >= 4 is 23.7 Å². The van der Waals surface area contributed by atoms with E-state index in [-0.39, 0.29) is 5.75 Å². The molecule has 0 aliphatic rings. The number of hydrogen-bond acceptors (Lipinski definition) is 4. The van der Waals surface area contributed by atoms with Crippen molar-refractivity contribution in [3.8, 4) is 11.5 Å². The van der Waals surface area contributed by atoms with E-state index in [1.54, 1.807) is 18.3 Å². The molecular formula is C22H21NO2S. The van der Waals surface area contributed by atoms with E-state index in [4.69, 9.17) is 4.74 Å². The first-order chi connectivity index (χ1) is 12.7. The van der Waals surface area contributed by atoms with E-state index < -0.39 is 0 Å². The van der Waals surface area contributed by atoms with Crippen LogP contribution >= 0.6 is 11.8 Å². The Morgan fingerprint density at radius 1 is 1.00 bits per heavy atom. The second kappa shape index (κ2) is 9.11. The van der Waals surface area contributed by atoms with E-state index in [2.05, 4.69) is 41.4 Å². The maximum Gasteiger partial charge on any atom is 0.161 e. The number of thioether (sulfide) groups is 1. The second-order valence-corrected chi connectivity index (χ2v) is 6.74. The van der Waals surface area contributed by atoms with Gasteiger partial charge in [0, 0.05) is 16.9 Å². The van der Waals surface area contributed by atoms with Gasteiger partial charge in [0.1, 0.15) is 0 Å². The predicted octanol–water partition coefficient (Wildman–Crippen LogP) is 5.83. The van der Waals surface area contributed by atoms with E-state index in [1.165, 1.54) is 10.5 Å². The molecule has 0 unspecified atom stereocenters. The van der Waals surface area contributed by atoms with Crippen molar-refractivity contribution in [3.63, 3.8) is 0 Å². The molecule has 26 heavy (non-hydrogen) atoms. The first-order valence-electron chi connectivity index (χ1n) is 8.51. The van der Waals surface area contributed by atoms with Gasteiger partial charge in [0.05, 0.1) is 12.3 Å². The lowest BCUT2D eigenvalue weighted by atomic mass is 10.2. The van der Waals surface area contributed by atoms with Crippen molar-refractivity contribution < 1.29 is 9.84 Å². The van der Waals surface area contributed by atoms with E-state index in [0.717, 1.165) is 17.0 Å². The van der Waals surface area contributed by atoms with Crippen molar-refractivity contribution in [1.82, 2.24) is 0 Å².